The van der Waals surface area contributed by atoms with E-state index in [0.29, 0.717) is 33.4 Å². The molecule has 0 aliphatic rings. The van der Waals surface area contributed by atoms with E-state index in [1.165, 1.54) is 6.07 Å². The number of aryl methyl sites for hydroxylation is 5. The molecule has 0 atom stereocenters. The molecule has 5 heteroatoms. The van der Waals surface area contributed by atoms with Crippen LogP contribution in [0.5, 0.6) is 11.5 Å². The third-order valence-corrected chi connectivity index (χ3v) is 8.93. The van der Waals surface area contributed by atoms with Gasteiger partial charge in [0.05, 0.1) is 5.58 Å². The number of benzene rings is 5. The van der Waals surface area contributed by atoms with Gasteiger partial charge in [0, 0.05) is 41.6 Å². The van der Waals surface area contributed by atoms with Crippen molar-refractivity contribution in [1.82, 2.24) is 9.97 Å². The fourth-order valence-electron chi connectivity index (χ4n) is 6.38. The van der Waals surface area contributed by atoms with Gasteiger partial charge in [-0.1, -0.05) is 137 Å². The van der Waals surface area contributed by atoms with Crippen LogP contribution in [-0.2, 0) is 21.1 Å². The number of ether oxygens (including phenoxy) is 1. The molecule has 0 fully saturated rings. The van der Waals surface area contributed by atoms with Crippen molar-refractivity contribution in [2.75, 3.05) is 0 Å². The maximum absolute atomic E-state index is 8.75. The van der Waals surface area contributed by atoms with Gasteiger partial charge in [-0.15, -0.1) is 11.6 Å². The summed E-state index contributed by atoms with van der Waals surface area (Å²) in [5, 5.41) is 1.47. The standard InChI is InChI=1S/C46H36N2O2.Pt/c1-27-16-17-36(29(3)18-27)38-24-43(48-26-31(38)5)41-23-35(22-40-37-14-10-11-15-44(37)50-46(40)41)49-45-21-34(42-19-28(2)30(4)25-47-42)20-39(32(45)6)33-12-8-7-9-13-33;/h7-20,22,24-26H,1-6H3;/q-2;+2/i2D3,4D3,6D3;. The number of pyridine rings is 2. The molecule has 0 radical (unpaired) electrons. The summed E-state index contributed by atoms with van der Waals surface area (Å²) < 4.78 is 87.7. The van der Waals surface area contributed by atoms with Crippen LogP contribution in [0.3, 0.4) is 0 Å². The Morgan fingerprint density at radius 1 is 0.647 bits per heavy atom. The largest absolute Gasteiger partial charge is 2.00 e. The van der Waals surface area contributed by atoms with Gasteiger partial charge in [0.2, 0.25) is 0 Å². The molecule has 4 nitrogen and oxygen atoms in total. The van der Waals surface area contributed by atoms with E-state index in [-0.39, 0.29) is 54.9 Å². The minimum atomic E-state index is -2.79. The third kappa shape index (κ3) is 6.41. The Kier molecular flexibility index (Phi) is 6.69. The van der Waals surface area contributed by atoms with E-state index >= 15 is 0 Å². The van der Waals surface area contributed by atoms with Gasteiger partial charge in [-0.2, -0.15) is 0 Å². The quantitative estimate of drug-likeness (QED) is 0.156. The van der Waals surface area contributed by atoms with Gasteiger partial charge in [-0.05, 0) is 85.3 Å². The molecule has 51 heavy (non-hydrogen) atoms. The van der Waals surface area contributed by atoms with Gasteiger partial charge in [-0.3, -0.25) is 0 Å². The fraction of sp³-hybridized carbons (Fsp3) is 0.130. The monoisotopic (exact) mass is 852 g/mol. The van der Waals surface area contributed by atoms with Gasteiger partial charge in [0.1, 0.15) is 5.58 Å². The van der Waals surface area contributed by atoms with Crippen molar-refractivity contribution >= 4 is 21.9 Å². The number of nitrogens with zero attached hydrogens (tertiary/aromatic N) is 2. The Bertz CT molecular complexity index is 2920. The summed E-state index contributed by atoms with van der Waals surface area (Å²) in [6.07, 6.45) is 2.82. The first kappa shape index (κ1) is 24.8. The number of hydrogen-bond donors (Lipinski definition) is 0. The summed E-state index contributed by atoms with van der Waals surface area (Å²) >= 11 is 0. The van der Waals surface area contributed by atoms with E-state index in [1.807, 2.05) is 37.3 Å². The van der Waals surface area contributed by atoms with E-state index in [2.05, 4.69) is 49.2 Å². The number of fused-ring (bicyclic) bond motifs is 3. The molecular weight excluding hydrogens is 808 g/mol. The summed E-state index contributed by atoms with van der Waals surface area (Å²) in [4.78, 5) is 9.20. The Hall–Kier alpha value is -5.31. The molecule has 0 amide bonds. The topological polar surface area (TPSA) is 48.2 Å². The van der Waals surface area contributed by atoms with Crippen molar-refractivity contribution in [2.45, 2.75) is 41.3 Å². The third-order valence-electron chi connectivity index (χ3n) is 8.93. The van der Waals surface area contributed by atoms with Gasteiger partial charge in [-0.25, -0.2) is 0 Å². The molecule has 3 heterocycles. The van der Waals surface area contributed by atoms with Crippen LogP contribution in [-0.4, -0.2) is 9.97 Å². The number of hydrogen-bond acceptors (Lipinski definition) is 4. The molecule has 0 spiro atoms. The first-order valence-electron chi connectivity index (χ1n) is 20.6. The predicted molar refractivity (Wildman–Crippen MR) is 204 cm³/mol. The molecule has 0 saturated carbocycles. The first-order chi connectivity index (χ1) is 27.9. The molecule has 8 rings (SSSR count). The zero-order chi connectivity index (χ0) is 42.0. The maximum Gasteiger partial charge on any atom is 2.00 e. The van der Waals surface area contributed by atoms with Crippen LogP contribution in [0, 0.1) is 53.5 Å². The number of rotatable bonds is 6. The van der Waals surface area contributed by atoms with Crippen LogP contribution in [0.1, 0.15) is 45.7 Å². The van der Waals surface area contributed by atoms with Gasteiger partial charge in [0.15, 0.2) is 0 Å². The molecule has 0 N–H and O–H groups in total. The number of para-hydroxylation sites is 1. The minimum Gasteiger partial charge on any atom is -0.501 e. The second-order valence-electron chi connectivity index (χ2n) is 12.4. The Morgan fingerprint density at radius 2 is 1.43 bits per heavy atom. The van der Waals surface area contributed by atoms with Crippen molar-refractivity contribution < 1.29 is 42.6 Å². The van der Waals surface area contributed by atoms with E-state index in [9.17, 15) is 0 Å². The fourth-order valence-corrected chi connectivity index (χ4v) is 6.38. The van der Waals surface area contributed by atoms with Crippen molar-refractivity contribution in [2.24, 2.45) is 0 Å². The van der Waals surface area contributed by atoms with Gasteiger partial charge in [0.25, 0.3) is 0 Å². The average molecular weight is 853 g/mol. The van der Waals surface area contributed by atoms with Crippen LogP contribution in [0.15, 0.2) is 114 Å². The Labute approximate surface area is 326 Å². The van der Waals surface area contributed by atoms with E-state index < -0.39 is 31.7 Å². The summed E-state index contributed by atoms with van der Waals surface area (Å²) in [5.41, 5.74) is 7.50. The predicted octanol–water partition coefficient (Wildman–Crippen LogP) is 12.3. The van der Waals surface area contributed by atoms with Crippen LogP contribution in [0.25, 0.3) is 66.7 Å². The van der Waals surface area contributed by atoms with Gasteiger partial charge < -0.3 is 19.1 Å². The maximum atomic E-state index is 8.75. The molecule has 3 aromatic heterocycles. The zero-order valence-corrected chi connectivity index (χ0v) is 30.2. The van der Waals surface area contributed by atoms with E-state index in [4.69, 9.17) is 26.5 Å². The van der Waals surface area contributed by atoms with Crippen molar-refractivity contribution in [3.63, 3.8) is 0 Å². The molecule has 5 aromatic carbocycles. The molecule has 8 aromatic rings. The van der Waals surface area contributed by atoms with Gasteiger partial charge >= 0.3 is 21.1 Å². The van der Waals surface area contributed by atoms with Crippen LogP contribution in [0.4, 0.5) is 0 Å². The normalized spacial score (nSPS) is 14.5. The summed E-state index contributed by atoms with van der Waals surface area (Å²) in [5.74, 6) is -0.0398. The Morgan fingerprint density at radius 3 is 2.24 bits per heavy atom. The molecular formula is C46H36N2O2Pt. The molecule has 0 aliphatic heterocycles. The molecule has 252 valence electrons. The SMILES string of the molecule is [2H]C([2H])([2H])c1cnc(-c2[c-]c(Oc3[c-]c(-c4cc(-c5ccc(C)cc5C)c(C)cn4)c4oc5ccccc5c4c3)c(C([2H])([2H])[2H])c(-c3ccccc3)c2)cc1C([2H])([2H])[2H].[Pt+2]. The zero-order valence-electron chi connectivity index (χ0n) is 36.9. The second-order valence-corrected chi connectivity index (χ2v) is 12.4. The smallest absolute Gasteiger partial charge is 0.501 e. The van der Waals surface area contributed by atoms with Crippen LogP contribution >= 0.6 is 0 Å². The van der Waals surface area contributed by atoms with E-state index in [0.717, 1.165) is 39.4 Å². The molecule has 0 saturated heterocycles. The van der Waals surface area contributed by atoms with E-state index in [1.54, 1.807) is 48.7 Å². The molecule has 0 bridgehead atoms. The summed E-state index contributed by atoms with van der Waals surface area (Å²) in [7, 11) is 0. The van der Waals surface area contributed by atoms with Crippen molar-refractivity contribution in [3.05, 3.63) is 155 Å². The van der Waals surface area contributed by atoms with Crippen molar-refractivity contribution in [1.29, 1.82) is 0 Å². The number of aromatic nitrogens is 2. The minimum absolute atomic E-state index is 0. The van der Waals surface area contributed by atoms with Crippen molar-refractivity contribution in [3.8, 4) is 56.3 Å². The molecule has 0 aliphatic carbocycles. The Balaban J connectivity index is 0.00000544. The van der Waals surface area contributed by atoms with Crippen LogP contribution in [0.2, 0.25) is 0 Å². The number of furan rings is 1. The average Bonchev–Trinajstić information content (AvgIpc) is 3.55. The second kappa shape index (κ2) is 13.8. The first-order valence-corrected chi connectivity index (χ1v) is 16.1. The summed E-state index contributed by atoms with van der Waals surface area (Å²) in [6.45, 7) is -2.15. The summed E-state index contributed by atoms with van der Waals surface area (Å²) in [6, 6.07) is 35.6. The van der Waals surface area contributed by atoms with Crippen LogP contribution < -0.4 is 4.74 Å². The molecule has 0 unspecified atom stereocenters.